The van der Waals surface area contributed by atoms with Crippen molar-refractivity contribution in [3.05, 3.63) is 53.6 Å². The zero-order valence-corrected chi connectivity index (χ0v) is 15.5. The molecule has 0 spiro atoms. The summed E-state index contributed by atoms with van der Waals surface area (Å²) >= 11 is 7.30. The van der Waals surface area contributed by atoms with Gasteiger partial charge in [-0.05, 0) is 37.3 Å². The van der Waals surface area contributed by atoms with Crippen LogP contribution in [0.25, 0.3) is 0 Å². The van der Waals surface area contributed by atoms with E-state index in [2.05, 4.69) is 10.6 Å². The van der Waals surface area contributed by atoms with Crippen molar-refractivity contribution in [2.45, 2.75) is 12.2 Å². The number of nitrogens with one attached hydrogen (secondary N) is 2. The van der Waals surface area contributed by atoms with Crippen molar-refractivity contribution < 1.29 is 14.3 Å². The normalized spacial score (nSPS) is 11.5. The summed E-state index contributed by atoms with van der Waals surface area (Å²) in [6, 6.07) is 14.2. The molecule has 0 unspecified atom stereocenters. The zero-order valence-electron chi connectivity index (χ0n) is 13.9. The Morgan fingerprint density at radius 3 is 2.48 bits per heavy atom. The SMILES string of the molecule is COc1ccc(NC(=O)[C@@H](C)SCC(=O)Nc2ccccc2)cc1Cl. The number of para-hydroxylation sites is 1. The second-order valence-corrected chi connectivity index (χ2v) is 6.94. The van der Waals surface area contributed by atoms with Crippen LogP contribution in [0.15, 0.2) is 48.5 Å². The number of thioether (sulfide) groups is 1. The van der Waals surface area contributed by atoms with Crippen molar-refractivity contribution in [3.63, 3.8) is 0 Å². The van der Waals surface area contributed by atoms with Crippen LogP contribution in [0, 0.1) is 0 Å². The molecule has 2 aromatic carbocycles. The fourth-order valence-corrected chi connectivity index (χ4v) is 2.92. The Labute approximate surface area is 156 Å². The maximum absolute atomic E-state index is 12.2. The molecule has 2 N–H and O–H groups in total. The number of ether oxygens (including phenoxy) is 1. The van der Waals surface area contributed by atoms with E-state index in [0.29, 0.717) is 16.5 Å². The molecule has 0 heterocycles. The molecule has 2 amide bonds. The van der Waals surface area contributed by atoms with Gasteiger partial charge in [0.25, 0.3) is 0 Å². The molecule has 0 aliphatic heterocycles. The summed E-state index contributed by atoms with van der Waals surface area (Å²) in [7, 11) is 1.53. The number of methoxy groups -OCH3 is 1. The summed E-state index contributed by atoms with van der Waals surface area (Å²) in [4.78, 5) is 24.1. The molecular weight excluding hydrogens is 360 g/mol. The van der Waals surface area contributed by atoms with E-state index in [1.165, 1.54) is 18.9 Å². The van der Waals surface area contributed by atoms with Gasteiger partial charge in [0, 0.05) is 11.4 Å². The van der Waals surface area contributed by atoms with Crippen LogP contribution in [0.3, 0.4) is 0 Å². The predicted octanol–water partition coefficient (Wildman–Crippen LogP) is 4.05. The Bertz CT molecular complexity index is 740. The van der Waals surface area contributed by atoms with Crippen molar-refractivity contribution in [2.24, 2.45) is 0 Å². The van der Waals surface area contributed by atoms with Crippen LogP contribution in [0.2, 0.25) is 5.02 Å². The van der Waals surface area contributed by atoms with E-state index in [1.807, 2.05) is 30.3 Å². The van der Waals surface area contributed by atoms with Crippen molar-refractivity contribution in [2.75, 3.05) is 23.5 Å². The molecule has 25 heavy (non-hydrogen) atoms. The lowest BCUT2D eigenvalue weighted by atomic mass is 10.3. The third-order valence-electron chi connectivity index (χ3n) is 3.31. The maximum atomic E-state index is 12.2. The molecule has 2 aromatic rings. The number of carbonyl (C=O) groups excluding carboxylic acids is 2. The number of rotatable bonds is 7. The second kappa shape index (κ2) is 9.34. The molecule has 0 aromatic heterocycles. The summed E-state index contributed by atoms with van der Waals surface area (Å²) in [5, 5.41) is 5.59. The topological polar surface area (TPSA) is 67.4 Å². The monoisotopic (exact) mass is 378 g/mol. The van der Waals surface area contributed by atoms with E-state index >= 15 is 0 Å². The lowest BCUT2D eigenvalue weighted by molar-refractivity contribution is -0.115. The van der Waals surface area contributed by atoms with Crippen LogP contribution in [0.5, 0.6) is 5.75 Å². The predicted molar refractivity (Wildman–Crippen MR) is 104 cm³/mol. The molecule has 132 valence electrons. The number of hydrogen-bond acceptors (Lipinski definition) is 4. The highest BCUT2D eigenvalue weighted by Gasteiger charge is 2.16. The largest absolute Gasteiger partial charge is 0.495 e. The lowest BCUT2D eigenvalue weighted by Crippen LogP contribution is -2.25. The number of anilines is 2. The molecular formula is C18H19ClN2O3S. The Balaban J connectivity index is 1.81. The van der Waals surface area contributed by atoms with E-state index < -0.39 is 0 Å². The summed E-state index contributed by atoms with van der Waals surface area (Å²) < 4.78 is 5.07. The third kappa shape index (κ3) is 5.99. The first-order valence-corrected chi connectivity index (χ1v) is 9.03. The summed E-state index contributed by atoms with van der Waals surface area (Å²) in [6.07, 6.45) is 0. The van der Waals surface area contributed by atoms with Crippen LogP contribution in [-0.2, 0) is 9.59 Å². The van der Waals surface area contributed by atoms with E-state index in [1.54, 1.807) is 25.1 Å². The Morgan fingerprint density at radius 2 is 1.84 bits per heavy atom. The zero-order chi connectivity index (χ0) is 18.2. The van der Waals surface area contributed by atoms with E-state index in [4.69, 9.17) is 16.3 Å². The molecule has 0 bridgehead atoms. The number of amides is 2. The smallest absolute Gasteiger partial charge is 0.237 e. The van der Waals surface area contributed by atoms with Gasteiger partial charge >= 0.3 is 0 Å². The van der Waals surface area contributed by atoms with Crippen LogP contribution < -0.4 is 15.4 Å². The average Bonchev–Trinajstić information content (AvgIpc) is 2.60. The molecule has 0 saturated carbocycles. The Hall–Kier alpha value is -2.18. The second-order valence-electron chi connectivity index (χ2n) is 5.21. The first-order valence-electron chi connectivity index (χ1n) is 7.60. The fourth-order valence-electron chi connectivity index (χ4n) is 1.98. The van der Waals surface area contributed by atoms with Crippen LogP contribution >= 0.6 is 23.4 Å². The Morgan fingerprint density at radius 1 is 1.12 bits per heavy atom. The molecule has 2 rings (SSSR count). The van der Waals surface area contributed by atoms with E-state index in [0.717, 1.165) is 5.69 Å². The number of halogens is 1. The highest BCUT2D eigenvalue weighted by molar-refractivity contribution is 8.01. The van der Waals surface area contributed by atoms with Crippen LogP contribution in [0.4, 0.5) is 11.4 Å². The van der Waals surface area contributed by atoms with Gasteiger partial charge in [-0.25, -0.2) is 0 Å². The van der Waals surface area contributed by atoms with Gasteiger partial charge in [0.05, 0.1) is 23.1 Å². The van der Waals surface area contributed by atoms with Crippen molar-refractivity contribution in [3.8, 4) is 5.75 Å². The molecule has 0 radical (unpaired) electrons. The van der Waals surface area contributed by atoms with Gasteiger partial charge in [-0.1, -0.05) is 29.8 Å². The minimum Gasteiger partial charge on any atom is -0.495 e. The van der Waals surface area contributed by atoms with Gasteiger partial charge in [0.1, 0.15) is 5.75 Å². The third-order valence-corrected chi connectivity index (χ3v) is 4.75. The maximum Gasteiger partial charge on any atom is 0.237 e. The first-order chi connectivity index (χ1) is 12.0. The van der Waals surface area contributed by atoms with Gasteiger partial charge in [-0.2, -0.15) is 0 Å². The molecule has 0 fully saturated rings. The molecule has 7 heteroatoms. The highest BCUT2D eigenvalue weighted by Crippen LogP contribution is 2.27. The van der Waals surface area contributed by atoms with Gasteiger partial charge < -0.3 is 15.4 Å². The molecule has 0 saturated heterocycles. The first kappa shape index (κ1) is 19.1. The van der Waals surface area contributed by atoms with Gasteiger partial charge in [-0.3, -0.25) is 9.59 Å². The minimum absolute atomic E-state index is 0.150. The lowest BCUT2D eigenvalue weighted by Gasteiger charge is -2.13. The van der Waals surface area contributed by atoms with Crippen molar-refractivity contribution >= 4 is 46.6 Å². The van der Waals surface area contributed by atoms with Gasteiger partial charge in [0.15, 0.2) is 0 Å². The van der Waals surface area contributed by atoms with Crippen LogP contribution in [-0.4, -0.2) is 29.9 Å². The van der Waals surface area contributed by atoms with Crippen molar-refractivity contribution in [1.29, 1.82) is 0 Å². The number of carbonyl (C=O) groups is 2. The minimum atomic E-state index is -0.387. The fraction of sp³-hybridized carbons (Fsp3) is 0.222. The highest BCUT2D eigenvalue weighted by atomic mass is 35.5. The van der Waals surface area contributed by atoms with E-state index in [9.17, 15) is 9.59 Å². The molecule has 1 atom stereocenters. The number of hydrogen-bond donors (Lipinski definition) is 2. The van der Waals surface area contributed by atoms with E-state index in [-0.39, 0.29) is 22.8 Å². The number of benzene rings is 2. The summed E-state index contributed by atoms with van der Waals surface area (Å²) in [6.45, 7) is 1.75. The summed E-state index contributed by atoms with van der Waals surface area (Å²) in [5.41, 5.74) is 1.31. The molecule has 0 aliphatic carbocycles. The standard InChI is InChI=1S/C18H19ClN2O3S/c1-12(25-11-17(22)20-13-6-4-3-5-7-13)18(23)21-14-8-9-16(24-2)15(19)10-14/h3-10,12H,11H2,1-2H3,(H,20,22)(H,21,23)/t12-/m1/s1. The Kier molecular flexibility index (Phi) is 7.16. The average molecular weight is 379 g/mol. The quantitative estimate of drug-likeness (QED) is 0.762. The van der Waals surface area contributed by atoms with Gasteiger partial charge in [-0.15, -0.1) is 11.8 Å². The summed E-state index contributed by atoms with van der Waals surface area (Å²) in [5.74, 6) is 0.383. The molecule has 5 nitrogen and oxygen atoms in total. The van der Waals surface area contributed by atoms with Crippen molar-refractivity contribution in [1.82, 2.24) is 0 Å². The van der Waals surface area contributed by atoms with Crippen LogP contribution in [0.1, 0.15) is 6.92 Å². The molecule has 0 aliphatic rings. The van der Waals surface area contributed by atoms with Gasteiger partial charge in [0.2, 0.25) is 11.8 Å².